The minimum Gasteiger partial charge on any atom is -0.461 e. The van der Waals surface area contributed by atoms with Gasteiger partial charge in [0.05, 0.1) is 23.2 Å². The summed E-state index contributed by atoms with van der Waals surface area (Å²) >= 11 is 0. The van der Waals surface area contributed by atoms with E-state index in [4.69, 9.17) is 9.47 Å². The number of aliphatic hydroxyl groups is 1. The molecule has 0 aliphatic carbocycles. The van der Waals surface area contributed by atoms with Crippen molar-refractivity contribution in [3.05, 3.63) is 37.0 Å². The summed E-state index contributed by atoms with van der Waals surface area (Å²) in [5.41, 5.74) is -0.227. The molecule has 4 nitrogen and oxygen atoms in total. The van der Waals surface area contributed by atoms with Crippen molar-refractivity contribution in [3.63, 3.8) is 0 Å². The number of ether oxygens (including phenoxy) is 2. The van der Waals surface area contributed by atoms with Gasteiger partial charge in [-0.25, -0.2) is 0 Å². The van der Waals surface area contributed by atoms with Crippen LogP contribution in [0.3, 0.4) is 0 Å². The molecule has 1 saturated heterocycles. The summed E-state index contributed by atoms with van der Waals surface area (Å²) in [7, 11) is 0. The smallest absolute Gasteiger partial charge is 0.311 e. The van der Waals surface area contributed by atoms with Crippen molar-refractivity contribution >= 4 is 5.97 Å². The highest BCUT2D eigenvalue weighted by Gasteiger charge is 2.38. The van der Waals surface area contributed by atoms with Gasteiger partial charge in [0.1, 0.15) is 6.61 Å². The lowest BCUT2D eigenvalue weighted by Gasteiger charge is -2.23. The third-order valence-electron chi connectivity index (χ3n) is 4.73. The molecule has 1 fully saturated rings. The SMILES string of the molecule is C=C[C@](C)(O)CC/C=C(/C)COC(=O)[C@H](C)[C@@H]1CC[C@@](C)(C=C)O1. The monoisotopic (exact) mass is 336 g/mol. The van der Waals surface area contributed by atoms with Gasteiger partial charge in [0.15, 0.2) is 0 Å². The molecule has 0 aromatic rings. The largest absolute Gasteiger partial charge is 0.461 e. The molecule has 4 heteroatoms. The summed E-state index contributed by atoms with van der Waals surface area (Å²) in [6, 6.07) is 0. The molecular weight excluding hydrogens is 304 g/mol. The molecule has 0 saturated carbocycles. The third kappa shape index (κ3) is 6.25. The molecule has 0 aromatic carbocycles. The molecule has 1 heterocycles. The molecule has 0 unspecified atom stereocenters. The second-order valence-corrected chi connectivity index (χ2v) is 7.26. The van der Waals surface area contributed by atoms with Crippen LogP contribution in [0, 0.1) is 5.92 Å². The maximum atomic E-state index is 12.2. The summed E-state index contributed by atoms with van der Waals surface area (Å²) in [4.78, 5) is 12.2. The van der Waals surface area contributed by atoms with Crippen molar-refractivity contribution in [1.82, 2.24) is 0 Å². The number of hydrogen-bond acceptors (Lipinski definition) is 4. The van der Waals surface area contributed by atoms with Crippen molar-refractivity contribution < 1.29 is 19.4 Å². The molecule has 1 aliphatic heterocycles. The lowest BCUT2D eigenvalue weighted by atomic mass is 9.99. The van der Waals surface area contributed by atoms with Crippen molar-refractivity contribution in [1.29, 1.82) is 0 Å². The van der Waals surface area contributed by atoms with Gasteiger partial charge in [0, 0.05) is 0 Å². The first-order chi connectivity index (χ1) is 11.1. The molecule has 1 rings (SSSR count). The Morgan fingerprint density at radius 3 is 2.75 bits per heavy atom. The predicted molar refractivity (Wildman–Crippen MR) is 96.6 cm³/mol. The van der Waals surface area contributed by atoms with E-state index in [1.165, 1.54) is 6.08 Å². The van der Waals surface area contributed by atoms with Gasteiger partial charge in [-0.1, -0.05) is 18.2 Å². The van der Waals surface area contributed by atoms with Crippen LogP contribution in [0.5, 0.6) is 0 Å². The van der Waals surface area contributed by atoms with E-state index >= 15 is 0 Å². The van der Waals surface area contributed by atoms with E-state index < -0.39 is 5.60 Å². The third-order valence-corrected chi connectivity index (χ3v) is 4.73. The Morgan fingerprint density at radius 2 is 2.21 bits per heavy atom. The minimum atomic E-state index is -0.862. The molecule has 136 valence electrons. The number of rotatable bonds is 9. The molecule has 0 bridgehead atoms. The number of carbonyl (C=O) groups is 1. The van der Waals surface area contributed by atoms with Gasteiger partial charge in [-0.15, -0.1) is 13.2 Å². The Kier molecular flexibility index (Phi) is 7.43. The van der Waals surface area contributed by atoms with Gasteiger partial charge in [-0.2, -0.15) is 0 Å². The molecule has 0 aromatic heterocycles. The standard InChI is InChI=1S/C20H32O4/c1-7-19(5,22)12-9-10-15(3)14-23-18(21)16(4)17-11-13-20(6,8-2)24-17/h7-8,10,16-17,22H,1-2,9,11-14H2,3-6H3/b15-10-/t16-,17+,19+,20-/m1/s1. The van der Waals surface area contributed by atoms with Gasteiger partial charge in [-0.05, 0) is 59.0 Å². The van der Waals surface area contributed by atoms with E-state index in [1.807, 2.05) is 26.8 Å². The fraction of sp³-hybridized carbons (Fsp3) is 0.650. The first-order valence-corrected chi connectivity index (χ1v) is 8.62. The van der Waals surface area contributed by atoms with Crippen molar-refractivity contribution in [2.75, 3.05) is 6.61 Å². The quantitative estimate of drug-likeness (QED) is 0.511. The summed E-state index contributed by atoms with van der Waals surface area (Å²) in [5, 5.41) is 9.86. The highest BCUT2D eigenvalue weighted by atomic mass is 16.5. The van der Waals surface area contributed by atoms with E-state index in [2.05, 4.69) is 13.2 Å². The first kappa shape index (κ1) is 20.7. The fourth-order valence-corrected chi connectivity index (χ4v) is 2.63. The van der Waals surface area contributed by atoms with Crippen LogP contribution < -0.4 is 0 Å². The van der Waals surface area contributed by atoms with Crippen LogP contribution in [0.15, 0.2) is 37.0 Å². The lowest BCUT2D eigenvalue weighted by molar-refractivity contribution is -0.152. The average molecular weight is 336 g/mol. The van der Waals surface area contributed by atoms with Gasteiger partial charge in [0.25, 0.3) is 0 Å². The van der Waals surface area contributed by atoms with Gasteiger partial charge in [-0.3, -0.25) is 4.79 Å². The van der Waals surface area contributed by atoms with Crippen LogP contribution in [0.2, 0.25) is 0 Å². The zero-order chi connectivity index (χ0) is 18.4. The fourth-order valence-electron chi connectivity index (χ4n) is 2.63. The van der Waals surface area contributed by atoms with E-state index in [-0.39, 0.29) is 30.2 Å². The summed E-state index contributed by atoms with van der Waals surface area (Å²) in [5.74, 6) is -0.528. The Morgan fingerprint density at radius 1 is 1.54 bits per heavy atom. The molecule has 1 N–H and O–H groups in total. The molecule has 0 amide bonds. The molecule has 0 radical (unpaired) electrons. The zero-order valence-electron chi connectivity index (χ0n) is 15.5. The predicted octanol–water partition coefficient (Wildman–Crippen LogP) is 3.95. The molecule has 4 atom stereocenters. The number of hydrogen-bond donors (Lipinski definition) is 1. The van der Waals surface area contributed by atoms with Gasteiger partial charge in [0.2, 0.25) is 0 Å². The van der Waals surface area contributed by atoms with E-state index in [0.29, 0.717) is 12.8 Å². The molecule has 0 spiro atoms. The first-order valence-electron chi connectivity index (χ1n) is 8.62. The highest BCUT2D eigenvalue weighted by molar-refractivity contribution is 5.73. The topological polar surface area (TPSA) is 55.8 Å². The second kappa shape index (κ2) is 8.63. The maximum Gasteiger partial charge on any atom is 0.311 e. The number of esters is 1. The minimum absolute atomic E-state index is 0.118. The number of allylic oxidation sites excluding steroid dienone is 1. The number of carbonyl (C=O) groups excluding carboxylic acids is 1. The van der Waals surface area contributed by atoms with Gasteiger partial charge < -0.3 is 14.6 Å². The molecule has 1 aliphatic rings. The Labute approximate surface area is 146 Å². The van der Waals surface area contributed by atoms with E-state index in [1.54, 1.807) is 13.0 Å². The average Bonchev–Trinajstić information content (AvgIpc) is 2.94. The van der Waals surface area contributed by atoms with Crippen LogP contribution in [0.4, 0.5) is 0 Å². The van der Waals surface area contributed by atoms with Crippen molar-refractivity contribution in [2.45, 2.75) is 70.7 Å². The van der Waals surface area contributed by atoms with Gasteiger partial charge >= 0.3 is 5.97 Å². The van der Waals surface area contributed by atoms with E-state index in [0.717, 1.165) is 18.4 Å². The Balaban J connectivity index is 2.40. The Hall–Kier alpha value is -1.39. The van der Waals surface area contributed by atoms with Crippen molar-refractivity contribution in [2.24, 2.45) is 5.92 Å². The second-order valence-electron chi connectivity index (χ2n) is 7.26. The molecular formula is C20H32O4. The highest BCUT2D eigenvalue weighted by Crippen LogP contribution is 2.34. The van der Waals surface area contributed by atoms with Crippen LogP contribution in [-0.4, -0.2) is 35.0 Å². The van der Waals surface area contributed by atoms with Crippen LogP contribution in [0.1, 0.15) is 53.4 Å². The maximum absolute atomic E-state index is 12.2. The van der Waals surface area contributed by atoms with Crippen LogP contribution in [-0.2, 0) is 14.3 Å². The van der Waals surface area contributed by atoms with Crippen molar-refractivity contribution in [3.8, 4) is 0 Å². The summed E-state index contributed by atoms with van der Waals surface area (Å²) < 4.78 is 11.3. The van der Waals surface area contributed by atoms with Crippen LogP contribution >= 0.6 is 0 Å². The molecule has 24 heavy (non-hydrogen) atoms. The zero-order valence-corrected chi connectivity index (χ0v) is 15.5. The lowest BCUT2D eigenvalue weighted by Crippen LogP contribution is -2.30. The van der Waals surface area contributed by atoms with E-state index in [9.17, 15) is 9.90 Å². The summed E-state index contributed by atoms with van der Waals surface area (Å²) in [6.07, 6.45) is 8.22. The Bertz CT molecular complexity index is 492. The van der Waals surface area contributed by atoms with Crippen LogP contribution in [0.25, 0.3) is 0 Å². The normalized spacial score (nSPS) is 28.0. The summed E-state index contributed by atoms with van der Waals surface area (Å²) in [6.45, 7) is 15.1.